The van der Waals surface area contributed by atoms with Crippen LogP contribution in [-0.2, 0) is 0 Å². The lowest BCUT2D eigenvalue weighted by molar-refractivity contribution is 0.578. The Kier molecular flexibility index (Phi) is 3.71. The lowest BCUT2D eigenvalue weighted by Crippen LogP contribution is -1.93. The van der Waals surface area contributed by atoms with Gasteiger partial charge in [0.25, 0.3) is 0 Å². The Morgan fingerprint density at radius 3 is 1.75 bits per heavy atom. The summed E-state index contributed by atoms with van der Waals surface area (Å²) in [5.41, 5.74) is 0.0305. The van der Waals surface area contributed by atoms with Crippen molar-refractivity contribution in [2.24, 2.45) is 0 Å². The Balaban J connectivity index is 1.69. The molecule has 0 radical (unpaired) electrons. The highest BCUT2D eigenvalue weighted by atomic mass is 32.2. The highest BCUT2D eigenvalue weighted by Gasteiger charge is 2.11. The summed E-state index contributed by atoms with van der Waals surface area (Å²) in [6.45, 7) is 0. The summed E-state index contributed by atoms with van der Waals surface area (Å²) in [5, 5.41) is 5.17. The van der Waals surface area contributed by atoms with Crippen molar-refractivity contribution in [3.8, 4) is 0 Å². The van der Waals surface area contributed by atoms with Gasteiger partial charge >= 0.3 is 0 Å². The van der Waals surface area contributed by atoms with E-state index in [0.717, 1.165) is 3.85 Å². The number of halogens is 2. The van der Waals surface area contributed by atoms with Gasteiger partial charge < -0.3 is 0 Å². The van der Waals surface area contributed by atoms with E-state index in [0.29, 0.717) is 0 Å². The summed E-state index contributed by atoms with van der Waals surface area (Å²) in [6.07, 6.45) is 1.62. The summed E-state index contributed by atoms with van der Waals surface area (Å²) in [7, 11) is 0. The van der Waals surface area contributed by atoms with Gasteiger partial charge in [-0.2, -0.15) is 0 Å². The third kappa shape index (κ3) is 2.42. The van der Waals surface area contributed by atoms with Gasteiger partial charge in [0.15, 0.2) is 0 Å². The van der Waals surface area contributed by atoms with Gasteiger partial charge in [-0.15, -0.1) is 45.3 Å². The Morgan fingerprint density at radius 2 is 1.18 bits per heavy atom. The first-order valence-electron chi connectivity index (χ1n) is 8.57. The maximum Gasteiger partial charge on any atom is 0.133 e. The van der Waals surface area contributed by atoms with E-state index in [1.54, 1.807) is 51.4 Å². The molecular formula is C22H10F2S4. The van der Waals surface area contributed by atoms with Crippen molar-refractivity contribution < 1.29 is 8.78 Å². The summed E-state index contributed by atoms with van der Waals surface area (Å²) in [4.78, 5) is 0. The Hall–Kier alpha value is -2.12. The molecule has 0 saturated heterocycles. The standard InChI is InChI=1S/C22H10F2S4/c23-15-8-3-9-16(24)14(15)10-17-25-21-22(26-17)28-20-13-7-2-5-11-4-1-6-12(18(11)13)19(20)27-21/h1-10H. The van der Waals surface area contributed by atoms with Crippen molar-refractivity contribution in [3.05, 3.63) is 92.4 Å². The smallest absolute Gasteiger partial charge is 0.133 e. The van der Waals surface area contributed by atoms with E-state index in [2.05, 4.69) is 36.4 Å². The fourth-order valence-corrected chi connectivity index (χ4v) is 9.58. The third-order valence-electron chi connectivity index (χ3n) is 4.80. The zero-order valence-electron chi connectivity index (χ0n) is 14.2. The highest BCUT2D eigenvalue weighted by Crippen LogP contribution is 2.35. The average molecular weight is 441 g/mol. The van der Waals surface area contributed by atoms with Gasteiger partial charge in [-0.25, -0.2) is 8.78 Å². The molecule has 0 fully saturated rings. The molecule has 6 rings (SSSR count). The quantitative estimate of drug-likeness (QED) is 0.256. The first kappa shape index (κ1) is 16.8. The molecule has 0 bridgehead atoms. The van der Waals surface area contributed by atoms with Crippen LogP contribution in [0.2, 0.25) is 0 Å². The average Bonchev–Trinajstić information content (AvgIpc) is 3.23. The molecule has 0 saturated carbocycles. The number of hydrogen-bond acceptors (Lipinski definition) is 4. The topological polar surface area (TPSA) is 0 Å². The van der Waals surface area contributed by atoms with Crippen LogP contribution >= 0.6 is 45.3 Å². The number of hydrogen-bond donors (Lipinski definition) is 0. The molecule has 0 amide bonds. The molecule has 1 aliphatic carbocycles. The molecule has 0 N–H and O–H groups in total. The SMILES string of the molecule is Fc1cccc(F)c1C=c1sc2sc3c4cccc5cccc(c=3sc=2s1)c54. The number of benzene rings is 3. The molecule has 6 heteroatoms. The minimum absolute atomic E-state index is 0.0305. The second-order valence-corrected chi connectivity index (χ2v) is 11.4. The van der Waals surface area contributed by atoms with Crippen molar-refractivity contribution in [1.82, 2.24) is 0 Å². The van der Waals surface area contributed by atoms with Gasteiger partial charge in [0.2, 0.25) is 0 Å². The first-order valence-corrected chi connectivity index (χ1v) is 11.8. The maximum absolute atomic E-state index is 14.0. The molecule has 3 aromatic carbocycles. The lowest BCUT2D eigenvalue weighted by Gasteiger charge is -1.97. The van der Waals surface area contributed by atoms with Crippen LogP contribution in [0.1, 0.15) is 5.56 Å². The van der Waals surface area contributed by atoms with Crippen LogP contribution in [0.4, 0.5) is 8.78 Å². The van der Waals surface area contributed by atoms with Crippen molar-refractivity contribution in [2.45, 2.75) is 0 Å². The third-order valence-corrected chi connectivity index (χ3v) is 10.4. The molecule has 2 heterocycles. The predicted octanol–water partition coefficient (Wildman–Crippen LogP) is 7.08. The van der Waals surface area contributed by atoms with E-state index < -0.39 is 11.6 Å². The Labute approximate surface area is 173 Å². The fraction of sp³-hybridized carbons (Fsp3) is 0. The Morgan fingerprint density at radius 1 is 0.643 bits per heavy atom. The van der Waals surface area contributed by atoms with Gasteiger partial charge in [-0.1, -0.05) is 42.5 Å². The van der Waals surface area contributed by atoms with Crippen molar-refractivity contribution in [3.63, 3.8) is 0 Å². The summed E-state index contributed by atoms with van der Waals surface area (Å²) < 4.78 is 33.9. The molecular weight excluding hydrogens is 431 g/mol. The van der Waals surface area contributed by atoms with E-state index >= 15 is 0 Å². The molecule has 0 unspecified atom stereocenters. The van der Waals surface area contributed by atoms with Crippen LogP contribution in [0, 0.1) is 28.4 Å². The van der Waals surface area contributed by atoms with Crippen LogP contribution in [-0.4, -0.2) is 0 Å². The minimum Gasteiger partial charge on any atom is -0.206 e. The minimum atomic E-state index is -0.528. The van der Waals surface area contributed by atoms with Crippen LogP contribution < -0.4 is 3.85 Å². The number of fused-ring (bicyclic) bond motifs is 2. The second-order valence-electron chi connectivity index (χ2n) is 6.45. The van der Waals surface area contributed by atoms with Gasteiger partial charge in [0.1, 0.15) is 19.3 Å². The lowest BCUT2D eigenvalue weighted by atomic mass is 10.1. The van der Waals surface area contributed by atoms with Crippen LogP contribution in [0.25, 0.3) is 27.6 Å². The largest absolute Gasteiger partial charge is 0.206 e. The monoisotopic (exact) mass is 440 g/mol. The molecule has 3 aromatic rings. The van der Waals surface area contributed by atoms with Crippen molar-refractivity contribution in [1.29, 1.82) is 0 Å². The molecule has 0 spiro atoms. The zero-order chi connectivity index (χ0) is 18.8. The van der Waals surface area contributed by atoms with Crippen LogP contribution in [0.5, 0.6) is 0 Å². The van der Waals surface area contributed by atoms with Crippen molar-refractivity contribution >= 4 is 73.0 Å². The van der Waals surface area contributed by atoms with Gasteiger partial charge in [0.05, 0.1) is 12.9 Å². The van der Waals surface area contributed by atoms with Crippen LogP contribution in [0.15, 0.2) is 54.6 Å². The molecule has 0 nitrogen and oxygen atoms in total. The van der Waals surface area contributed by atoms with Crippen LogP contribution in [0.3, 0.4) is 0 Å². The van der Waals surface area contributed by atoms with Gasteiger partial charge in [-0.05, 0) is 29.0 Å². The maximum atomic E-state index is 14.0. The zero-order valence-corrected chi connectivity index (χ0v) is 17.4. The van der Waals surface area contributed by atoms with Gasteiger partial charge in [-0.3, -0.25) is 0 Å². The normalized spacial score (nSPS) is 11.9. The summed E-state index contributed by atoms with van der Waals surface area (Å²) in [5.74, 6) is -1.06. The second kappa shape index (κ2) is 6.19. The number of rotatable bonds is 1. The van der Waals surface area contributed by atoms with E-state index in [-0.39, 0.29) is 5.56 Å². The molecule has 136 valence electrons. The van der Waals surface area contributed by atoms with E-state index in [9.17, 15) is 8.78 Å². The molecule has 2 aliphatic heterocycles. The van der Waals surface area contributed by atoms with Gasteiger partial charge in [0, 0.05) is 16.3 Å². The van der Waals surface area contributed by atoms with E-state index in [4.69, 9.17) is 0 Å². The summed E-state index contributed by atoms with van der Waals surface area (Å²) >= 11 is 6.76. The first-order chi connectivity index (χ1) is 13.7. The fourth-order valence-electron chi connectivity index (χ4n) is 3.59. The highest BCUT2D eigenvalue weighted by molar-refractivity contribution is 7.37. The molecule has 0 aromatic heterocycles. The Bertz CT molecular complexity index is 1590. The van der Waals surface area contributed by atoms with E-state index in [1.807, 2.05) is 0 Å². The van der Waals surface area contributed by atoms with Crippen molar-refractivity contribution in [2.75, 3.05) is 0 Å². The molecule has 0 atom stereocenters. The van der Waals surface area contributed by atoms with E-state index in [1.165, 1.54) is 56.5 Å². The predicted molar refractivity (Wildman–Crippen MR) is 118 cm³/mol. The molecule has 28 heavy (non-hydrogen) atoms. The molecule has 3 aliphatic rings. The summed E-state index contributed by atoms with van der Waals surface area (Å²) in [6, 6.07) is 16.9.